The van der Waals surface area contributed by atoms with E-state index in [1.807, 2.05) is 12.3 Å². The van der Waals surface area contributed by atoms with Crippen LogP contribution in [-0.2, 0) is 0 Å². The number of likely N-dealkylation sites (tertiary alicyclic amines) is 1. The van der Waals surface area contributed by atoms with Crippen LogP contribution in [0.25, 0.3) is 0 Å². The van der Waals surface area contributed by atoms with Crippen molar-refractivity contribution in [3.8, 4) is 0 Å². The largest absolute Gasteiger partial charge is 0.301 e. The molecule has 1 aliphatic carbocycles. The van der Waals surface area contributed by atoms with E-state index in [0.29, 0.717) is 6.04 Å². The summed E-state index contributed by atoms with van der Waals surface area (Å²) in [4.78, 5) is 2.66. The van der Waals surface area contributed by atoms with E-state index >= 15 is 0 Å². The van der Waals surface area contributed by atoms with Gasteiger partial charge in [0.2, 0.25) is 0 Å². The summed E-state index contributed by atoms with van der Waals surface area (Å²) in [7, 11) is 0. The smallest absolute Gasteiger partial charge is 0.0658 e. The Morgan fingerprint density at radius 3 is 2.76 bits per heavy atom. The number of aromatic nitrogens is 2. The van der Waals surface area contributed by atoms with E-state index in [9.17, 15) is 0 Å². The van der Waals surface area contributed by atoms with E-state index in [1.165, 1.54) is 58.2 Å². The summed E-state index contributed by atoms with van der Waals surface area (Å²) in [6.07, 6.45) is 12.6. The normalized spacial score (nSPS) is 27.6. The molecule has 1 aromatic rings. The molecule has 17 heavy (non-hydrogen) atoms. The highest BCUT2D eigenvalue weighted by Gasteiger charge is 2.26. The number of rotatable bonds is 3. The van der Waals surface area contributed by atoms with Gasteiger partial charge in [0.15, 0.2) is 0 Å². The molecule has 3 rings (SSSR count). The lowest BCUT2D eigenvalue weighted by molar-refractivity contribution is 0.227. The maximum atomic E-state index is 4.37. The molecule has 3 nitrogen and oxygen atoms in total. The van der Waals surface area contributed by atoms with Gasteiger partial charge in [0, 0.05) is 32.0 Å². The van der Waals surface area contributed by atoms with Crippen LogP contribution in [0.15, 0.2) is 18.5 Å². The molecule has 1 saturated heterocycles. The SMILES string of the molecule is c1cnn(C2CCN(CC3CCCCC3)C2)c1. The molecular weight excluding hydrogens is 210 g/mol. The minimum Gasteiger partial charge on any atom is -0.301 e. The van der Waals surface area contributed by atoms with Crippen molar-refractivity contribution in [3.05, 3.63) is 18.5 Å². The predicted octanol–water partition coefficient (Wildman–Crippen LogP) is 2.71. The lowest BCUT2D eigenvalue weighted by Gasteiger charge is -2.26. The van der Waals surface area contributed by atoms with Crippen molar-refractivity contribution >= 4 is 0 Å². The Hall–Kier alpha value is -0.830. The summed E-state index contributed by atoms with van der Waals surface area (Å²) in [6, 6.07) is 2.65. The van der Waals surface area contributed by atoms with Gasteiger partial charge in [-0.25, -0.2) is 0 Å². The third-order valence-electron chi connectivity index (χ3n) is 4.39. The van der Waals surface area contributed by atoms with Crippen molar-refractivity contribution in [1.82, 2.24) is 14.7 Å². The van der Waals surface area contributed by atoms with Crippen LogP contribution < -0.4 is 0 Å². The summed E-state index contributed by atoms with van der Waals surface area (Å²) >= 11 is 0. The van der Waals surface area contributed by atoms with Crippen molar-refractivity contribution in [2.24, 2.45) is 5.92 Å². The van der Waals surface area contributed by atoms with Crippen molar-refractivity contribution in [1.29, 1.82) is 0 Å². The van der Waals surface area contributed by atoms with Crippen molar-refractivity contribution in [2.75, 3.05) is 19.6 Å². The zero-order chi connectivity index (χ0) is 11.5. The summed E-state index contributed by atoms with van der Waals surface area (Å²) in [5.41, 5.74) is 0. The van der Waals surface area contributed by atoms with Gasteiger partial charge in [-0.15, -0.1) is 0 Å². The predicted molar refractivity (Wildman–Crippen MR) is 68.9 cm³/mol. The second-order valence-electron chi connectivity index (χ2n) is 5.69. The van der Waals surface area contributed by atoms with Crippen LogP contribution in [0, 0.1) is 5.92 Å². The number of nitrogens with zero attached hydrogens (tertiary/aromatic N) is 3. The molecule has 2 fully saturated rings. The van der Waals surface area contributed by atoms with Gasteiger partial charge in [0.1, 0.15) is 0 Å². The Balaban J connectivity index is 1.50. The van der Waals surface area contributed by atoms with Crippen molar-refractivity contribution < 1.29 is 0 Å². The highest BCUT2D eigenvalue weighted by Crippen LogP contribution is 2.27. The molecule has 1 aliphatic heterocycles. The van der Waals surface area contributed by atoms with E-state index in [2.05, 4.69) is 20.9 Å². The third-order valence-corrected chi connectivity index (χ3v) is 4.39. The summed E-state index contributed by atoms with van der Waals surface area (Å²) in [6.45, 7) is 3.80. The van der Waals surface area contributed by atoms with Gasteiger partial charge < -0.3 is 4.90 Å². The molecule has 0 amide bonds. The number of hydrogen-bond donors (Lipinski definition) is 0. The van der Waals surface area contributed by atoms with E-state index in [0.717, 1.165) is 5.92 Å². The molecule has 0 bridgehead atoms. The van der Waals surface area contributed by atoms with E-state index in [4.69, 9.17) is 0 Å². The molecule has 1 saturated carbocycles. The molecule has 2 aliphatic rings. The highest BCUT2D eigenvalue weighted by molar-refractivity contribution is 4.87. The zero-order valence-electron chi connectivity index (χ0n) is 10.6. The van der Waals surface area contributed by atoms with Crippen molar-refractivity contribution in [3.63, 3.8) is 0 Å². The fourth-order valence-corrected chi connectivity index (χ4v) is 3.43. The average molecular weight is 233 g/mol. The monoisotopic (exact) mass is 233 g/mol. The fourth-order valence-electron chi connectivity index (χ4n) is 3.43. The molecule has 94 valence electrons. The molecule has 1 atom stereocenters. The molecule has 2 heterocycles. The third kappa shape index (κ3) is 2.71. The van der Waals surface area contributed by atoms with Crippen LogP contribution >= 0.6 is 0 Å². The summed E-state index contributed by atoms with van der Waals surface area (Å²) in [5.74, 6) is 0.972. The van der Waals surface area contributed by atoms with Gasteiger partial charge in [-0.3, -0.25) is 4.68 Å². The second kappa shape index (κ2) is 5.21. The lowest BCUT2D eigenvalue weighted by Crippen LogP contribution is -2.29. The Bertz CT molecular complexity index is 327. The van der Waals surface area contributed by atoms with Crippen LogP contribution in [-0.4, -0.2) is 34.3 Å². The second-order valence-corrected chi connectivity index (χ2v) is 5.69. The standard InChI is InChI=1S/C14H23N3/c1-2-5-13(6-3-1)11-16-10-7-14(12-16)17-9-4-8-15-17/h4,8-9,13-14H,1-3,5-7,10-12H2. The van der Waals surface area contributed by atoms with Gasteiger partial charge in [-0.1, -0.05) is 19.3 Å². The zero-order valence-corrected chi connectivity index (χ0v) is 10.6. The van der Waals surface area contributed by atoms with Gasteiger partial charge in [0.25, 0.3) is 0 Å². The van der Waals surface area contributed by atoms with Crippen LogP contribution in [0.3, 0.4) is 0 Å². The van der Waals surface area contributed by atoms with Crippen molar-refractivity contribution in [2.45, 2.75) is 44.6 Å². The maximum Gasteiger partial charge on any atom is 0.0658 e. The van der Waals surface area contributed by atoms with Crippen LogP contribution in [0.5, 0.6) is 0 Å². The van der Waals surface area contributed by atoms with Gasteiger partial charge in [-0.2, -0.15) is 5.10 Å². The molecular formula is C14H23N3. The van der Waals surface area contributed by atoms with Gasteiger partial charge in [0.05, 0.1) is 6.04 Å². The van der Waals surface area contributed by atoms with Gasteiger partial charge >= 0.3 is 0 Å². The average Bonchev–Trinajstić information content (AvgIpc) is 3.00. The van der Waals surface area contributed by atoms with E-state index in [1.54, 1.807) is 0 Å². The molecule has 0 radical (unpaired) electrons. The Labute approximate surface area is 104 Å². The molecule has 1 aromatic heterocycles. The summed E-state index contributed by atoms with van der Waals surface area (Å²) < 4.78 is 2.14. The molecule has 1 unspecified atom stereocenters. The summed E-state index contributed by atoms with van der Waals surface area (Å²) in [5, 5.41) is 4.37. The minimum atomic E-state index is 0.619. The first-order chi connectivity index (χ1) is 8.42. The van der Waals surface area contributed by atoms with E-state index in [-0.39, 0.29) is 0 Å². The molecule has 0 aromatic carbocycles. The molecule has 3 heteroatoms. The fraction of sp³-hybridized carbons (Fsp3) is 0.786. The van der Waals surface area contributed by atoms with Crippen LogP contribution in [0.2, 0.25) is 0 Å². The number of hydrogen-bond acceptors (Lipinski definition) is 2. The van der Waals surface area contributed by atoms with Crippen LogP contribution in [0.4, 0.5) is 0 Å². The minimum absolute atomic E-state index is 0.619. The Morgan fingerprint density at radius 1 is 1.12 bits per heavy atom. The first-order valence-corrected chi connectivity index (χ1v) is 7.13. The first-order valence-electron chi connectivity index (χ1n) is 7.13. The Morgan fingerprint density at radius 2 is 2.00 bits per heavy atom. The lowest BCUT2D eigenvalue weighted by atomic mass is 9.89. The molecule has 0 spiro atoms. The quantitative estimate of drug-likeness (QED) is 0.800. The maximum absolute atomic E-state index is 4.37. The molecule has 0 N–H and O–H groups in total. The van der Waals surface area contributed by atoms with E-state index < -0.39 is 0 Å². The van der Waals surface area contributed by atoms with Gasteiger partial charge in [-0.05, 0) is 31.2 Å². The topological polar surface area (TPSA) is 21.1 Å². The highest BCUT2D eigenvalue weighted by atomic mass is 15.3. The van der Waals surface area contributed by atoms with Crippen LogP contribution in [0.1, 0.15) is 44.6 Å². The Kier molecular flexibility index (Phi) is 3.46. The first kappa shape index (κ1) is 11.3.